The van der Waals surface area contributed by atoms with E-state index in [0.717, 1.165) is 6.34 Å². The van der Waals surface area contributed by atoms with Crippen LogP contribution in [0.2, 0.25) is 0 Å². The van der Waals surface area contributed by atoms with Crippen molar-refractivity contribution in [1.82, 2.24) is 4.90 Å². The summed E-state index contributed by atoms with van der Waals surface area (Å²) in [4.78, 5) is 27.9. The molecule has 2 aliphatic rings. The van der Waals surface area contributed by atoms with Gasteiger partial charge in [-0.15, -0.1) is 11.8 Å². The van der Waals surface area contributed by atoms with Gasteiger partial charge in [0.15, 0.2) is 0 Å². The van der Waals surface area contributed by atoms with E-state index < -0.39 is 5.97 Å². The van der Waals surface area contributed by atoms with Crippen LogP contribution in [0.15, 0.2) is 15.6 Å². The lowest BCUT2D eigenvalue weighted by Crippen LogP contribution is -2.48. The van der Waals surface area contributed by atoms with Gasteiger partial charge in [-0.3, -0.25) is 14.7 Å². The number of nitrogens with zero attached hydrogens (tertiary/aromatic N) is 2. The molecule has 1 atom stereocenters. The van der Waals surface area contributed by atoms with E-state index in [2.05, 4.69) is 4.99 Å². The third-order valence-corrected chi connectivity index (χ3v) is 3.49. The van der Waals surface area contributed by atoms with Gasteiger partial charge >= 0.3 is 5.97 Å². The molecule has 3 N–H and O–H groups in total. The molecule has 0 saturated carbocycles. The van der Waals surface area contributed by atoms with Crippen LogP contribution in [0.4, 0.5) is 0 Å². The SMILES string of the molecule is NC=NCC1=C(C(=O)O)N2C(=O)C[C@H]2S1. The summed E-state index contributed by atoms with van der Waals surface area (Å²) in [7, 11) is 0. The third-order valence-electron chi connectivity index (χ3n) is 2.23. The predicted molar refractivity (Wildman–Crippen MR) is 55.1 cm³/mol. The van der Waals surface area contributed by atoms with E-state index >= 15 is 0 Å². The molecule has 1 amide bonds. The number of carboxylic acids is 1. The molecule has 1 fully saturated rings. The van der Waals surface area contributed by atoms with Gasteiger partial charge in [0.1, 0.15) is 5.70 Å². The molecule has 2 rings (SSSR count). The van der Waals surface area contributed by atoms with Gasteiger partial charge in [0, 0.05) is 4.91 Å². The van der Waals surface area contributed by atoms with Gasteiger partial charge in [-0.2, -0.15) is 0 Å². The van der Waals surface area contributed by atoms with Crippen molar-refractivity contribution in [3.63, 3.8) is 0 Å². The average molecular weight is 227 g/mol. The lowest BCUT2D eigenvalue weighted by molar-refractivity contribution is -0.145. The molecule has 6 nitrogen and oxygen atoms in total. The molecule has 0 aromatic heterocycles. The van der Waals surface area contributed by atoms with Gasteiger partial charge in [0.25, 0.3) is 0 Å². The molecule has 80 valence electrons. The minimum atomic E-state index is -1.08. The Bertz CT molecular complexity index is 391. The number of β-lactam (4-membered cyclic amide) rings is 1. The fraction of sp³-hybridized carbons (Fsp3) is 0.375. The maximum atomic E-state index is 11.2. The summed E-state index contributed by atoms with van der Waals surface area (Å²) < 4.78 is 0. The first-order valence-electron chi connectivity index (χ1n) is 4.30. The molecule has 0 aromatic rings. The molecule has 0 radical (unpaired) electrons. The number of hydrogen-bond acceptors (Lipinski definition) is 4. The van der Waals surface area contributed by atoms with E-state index in [1.807, 2.05) is 0 Å². The predicted octanol–water partition coefficient (Wildman–Crippen LogP) is -0.425. The molecule has 0 aliphatic carbocycles. The van der Waals surface area contributed by atoms with E-state index in [-0.39, 0.29) is 23.5 Å². The Balaban J connectivity index is 2.26. The number of fused-ring (bicyclic) bond motifs is 1. The van der Waals surface area contributed by atoms with Crippen molar-refractivity contribution in [1.29, 1.82) is 0 Å². The lowest BCUT2D eigenvalue weighted by Gasteiger charge is -2.33. The second kappa shape index (κ2) is 3.58. The highest BCUT2D eigenvalue weighted by Gasteiger charge is 2.48. The molecule has 15 heavy (non-hydrogen) atoms. The first-order valence-corrected chi connectivity index (χ1v) is 5.18. The Morgan fingerprint density at radius 1 is 1.80 bits per heavy atom. The Hall–Kier alpha value is -1.50. The summed E-state index contributed by atoms with van der Waals surface area (Å²) in [6, 6.07) is 0. The van der Waals surface area contributed by atoms with E-state index in [0.29, 0.717) is 11.3 Å². The first kappa shape index (κ1) is 10.0. The van der Waals surface area contributed by atoms with E-state index in [4.69, 9.17) is 10.8 Å². The number of carbonyl (C=O) groups excluding carboxylic acids is 1. The molecule has 2 heterocycles. The van der Waals surface area contributed by atoms with Crippen molar-refractivity contribution in [2.24, 2.45) is 10.7 Å². The summed E-state index contributed by atoms with van der Waals surface area (Å²) in [6.07, 6.45) is 1.53. The van der Waals surface area contributed by atoms with Crippen LogP contribution in [0, 0.1) is 0 Å². The number of rotatable bonds is 3. The number of nitrogens with two attached hydrogens (primary N) is 1. The van der Waals surface area contributed by atoms with Crippen LogP contribution in [0.25, 0.3) is 0 Å². The fourth-order valence-corrected chi connectivity index (χ4v) is 2.90. The van der Waals surface area contributed by atoms with Crippen LogP contribution in [0.3, 0.4) is 0 Å². The maximum absolute atomic E-state index is 11.2. The highest BCUT2D eigenvalue weighted by Crippen LogP contribution is 2.45. The summed E-state index contributed by atoms with van der Waals surface area (Å²) in [5.74, 6) is -1.23. The normalized spacial score (nSPS) is 24.7. The zero-order valence-electron chi connectivity index (χ0n) is 7.71. The molecule has 2 aliphatic heterocycles. The molecule has 1 saturated heterocycles. The van der Waals surface area contributed by atoms with E-state index in [1.54, 1.807) is 0 Å². The second-order valence-electron chi connectivity index (χ2n) is 3.11. The molecular weight excluding hydrogens is 218 g/mol. The molecule has 0 bridgehead atoms. The third kappa shape index (κ3) is 1.48. The van der Waals surface area contributed by atoms with Crippen LogP contribution in [0.5, 0.6) is 0 Å². The Morgan fingerprint density at radius 3 is 3.07 bits per heavy atom. The number of aliphatic imine (C=N–C) groups is 1. The number of carbonyl (C=O) groups is 2. The average Bonchev–Trinajstić information content (AvgIpc) is 2.47. The van der Waals surface area contributed by atoms with Gasteiger partial charge < -0.3 is 10.8 Å². The van der Waals surface area contributed by atoms with Crippen molar-refractivity contribution in [3.05, 3.63) is 10.6 Å². The molecular formula is C8H9N3O3S. The van der Waals surface area contributed by atoms with Crippen molar-refractivity contribution in [2.75, 3.05) is 6.54 Å². The standard InChI is InChI=1S/C8H9N3O3S/c9-3-10-2-4-7(8(13)14)11-5(12)1-6(11)15-4/h3,6H,1-2H2,(H2,9,10)(H,13,14)/t6-/m1/s1. The number of aliphatic carboxylic acids is 1. The minimum absolute atomic E-state index is 0.0495. The fourth-order valence-electron chi connectivity index (χ4n) is 1.57. The highest BCUT2D eigenvalue weighted by atomic mass is 32.2. The Morgan fingerprint density at radius 2 is 2.53 bits per heavy atom. The van der Waals surface area contributed by atoms with Gasteiger partial charge in [0.2, 0.25) is 5.91 Å². The van der Waals surface area contributed by atoms with E-state index in [9.17, 15) is 9.59 Å². The molecule has 0 aromatic carbocycles. The van der Waals surface area contributed by atoms with Crippen LogP contribution < -0.4 is 5.73 Å². The lowest BCUT2D eigenvalue weighted by atomic mass is 10.1. The number of carboxylic acid groups (broad SMARTS) is 1. The van der Waals surface area contributed by atoms with E-state index in [1.165, 1.54) is 16.7 Å². The highest BCUT2D eigenvalue weighted by molar-refractivity contribution is 8.04. The van der Waals surface area contributed by atoms with Crippen molar-refractivity contribution in [3.8, 4) is 0 Å². The topological polar surface area (TPSA) is 96.0 Å². The smallest absolute Gasteiger partial charge is 0.353 e. The molecule has 0 spiro atoms. The summed E-state index contributed by atoms with van der Waals surface area (Å²) in [5.41, 5.74) is 5.15. The summed E-state index contributed by atoms with van der Waals surface area (Å²) in [6.45, 7) is 0.225. The van der Waals surface area contributed by atoms with Crippen molar-refractivity contribution >= 4 is 30.0 Å². The molecule has 7 heteroatoms. The number of amides is 1. The Kier molecular flexibility index (Phi) is 2.39. The van der Waals surface area contributed by atoms with Gasteiger partial charge in [-0.25, -0.2) is 4.79 Å². The summed E-state index contributed by atoms with van der Waals surface area (Å²) >= 11 is 1.38. The quantitative estimate of drug-likeness (QED) is 0.387. The second-order valence-corrected chi connectivity index (χ2v) is 4.38. The summed E-state index contributed by atoms with van der Waals surface area (Å²) in [5, 5.41) is 8.93. The van der Waals surface area contributed by atoms with Gasteiger partial charge in [-0.05, 0) is 0 Å². The largest absolute Gasteiger partial charge is 0.477 e. The molecule has 0 unspecified atom stereocenters. The number of thioether (sulfide) groups is 1. The maximum Gasteiger partial charge on any atom is 0.353 e. The van der Waals surface area contributed by atoms with Crippen LogP contribution in [-0.4, -0.2) is 40.1 Å². The van der Waals surface area contributed by atoms with Crippen LogP contribution in [0.1, 0.15) is 6.42 Å². The minimum Gasteiger partial charge on any atom is -0.477 e. The van der Waals surface area contributed by atoms with Crippen molar-refractivity contribution in [2.45, 2.75) is 11.8 Å². The first-order chi connectivity index (χ1) is 7.15. The van der Waals surface area contributed by atoms with Crippen LogP contribution in [-0.2, 0) is 9.59 Å². The van der Waals surface area contributed by atoms with Crippen LogP contribution >= 0.6 is 11.8 Å². The van der Waals surface area contributed by atoms with Crippen molar-refractivity contribution < 1.29 is 14.7 Å². The van der Waals surface area contributed by atoms with Gasteiger partial charge in [0.05, 0.1) is 24.7 Å². The Labute approximate surface area is 89.8 Å². The number of hydrogen-bond donors (Lipinski definition) is 2. The zero-order chi connectivity index (χ0) is 11.0. The van der Waals surface area contributed by atoms with Gasteiger partial charge in [-0.1, -0.05) is 0 Å². The monoisotopic (exact) mass is 227 g/mol. The zero-order valence-corrected chi connectivity index (χ0v) is 8.53.